The average Bonchev–Trinajstić information content (AvgIpc) is 2.49. The van der Waals surface area contributed by atoms with Crippen molar-refractivity contribution in [3.63, 3.8) is 0 Å². The molecule has 0 aliphatic heterocycles. The number of carbonyl (C=O) groups is 1. The molecule has 0 unspecified atom stereocenters. The fourth-order valence-electron chi connectivity index (χ4n) is 1.92. The van der Waals surface area contributed by atoms with Gasteiger partial charge in [-0.3, -0.25) is 9.78 Å². The Balaban J connectivity index is 2.00. The Morgan fingerprint density at radius 1 is 1.35 bits per heavy atom. The first kappa shape index (κ1) is 14.1. The molecule has 1 aromatic heterocycles. The largest absolute Gasteiger partial charge is 0.504 e. The van der Waals surface area contributed by atoms with E-state index in [1.165, 1.54) is 0 Å². The van der Waals surface area contributed by atoms with Crippen LogP contribution in [0.15, 0.2) is 42.7 Å². The summed E-state index contributed by atoms with van der Waals surface area (Å²) in [6.45, 7) is 2.35. The first-order valence-electron chi connectivity index (χ1n) is 6.58. The number of ketones is 1. The van der Waals surface area contributed by atoms with Gasteiger partial charge in [-0.1, -0.05) is 6.07 Å². The van der Waals surface area contributed by atoms with Crippen molar-refractivity contribution in [2.75, 3.05) is 6.61 Å². The summed E-state index contributed by atoms with van der Waals surface area (Å²) in [6, 6.07) is 8.68. The third-order valence-electron chi connectivity index (χ3n) is 2.95. The number of hydrogen-bond donors (Lipinski definition) is 1. The fourth-order valence-corrected chi connectivity index (χ4v) is 1.92. The van der Waals surface area contributed by atoms with Crippen LogP contribution in [0.25, 0.3) is 0 Å². The molecule has 1 N–H and O–H groups in total. The second-order valence-electron chi connectivity index (χ2n) is 4.40. The van der Waals surface area contributed by atoms with Gasteiger partial charge in [-0.05, 0) is 43.2 Å². The zero-order valence-electron chi connectivity index (χ0n) is 11.4. The molecular weight excluding hydrogens is 254 g/mol. The number of aromatic nitrogens is 1. The van der Waals surface area contributed by atoms with E-state index < -0.39 is 0 Å². The topological polar surface area (TPSA) is 59.4 Å². The maximum Gasteiger partial charge on any atom is 0.164 e. The molecule has 0 bridgehead atoms. The molecule has 1 aromatic carbocycles. The predicted octanol–water partition coefficient (Wildman–Crippen LogP) is 3.00. The number of phenols is 1. The summed E-state index contributed by atoms with van der Waals surface area (Å²) in [4.78, 5) is 15.9. The zero-order valence-corrected chi connectivity index (χ0v) is 11.4. The highest BCUT2D eigenvalue weighted by Crippen LogP contribution is 2.27. The molecule has 0 saturated heterocycles. The number of phenolic OH excluding ortho intramolecular Hbond substituents is 1. The zero-order chi connectivity index (χ0) is 14.4. The van der Waals surface area contributed by atoms with Crippen LogP contribution in [0.1, 0.15) is 29.3 Å². The molecule has 0 radical (unpaired) electrons. The van der Waals surface area contributed by atoms with Gasteiger partial charge >= 0.3 is 0 Å². The van der Waals surface area contributed by atoms with Gasteiger partial charge in [0, 0.05) is 24.4 Å². The maximum atomic E-state index is 12.0. The van der Waals surface area contributed by atoms with Crippen molar-refractivity contribution < 1.29 is 14.6 Å². The molecule has 104 valence electrons. The lowest BCUT2D eigenvalue weighted by Gasteiger charge is -2.08. The molecule has 0 atom stereocenters. The van der Waals surface area contributed by atoms with E-state index >= 15 is 0 Å². The number of benzene rings is 1. The molecule has 1 heterocycles. The van der Waals surface area contributed by atoms with E-state index in [1.807, 2.05) is 6.92 Å². The van der Waals surface area contributed by atoms with E-state index in [0.29, 0.717) is 30.8 Å². The molecule has 20 heavy (non-hydrogen) atoms. The van der Waals surface area contributed by atoms with Crippen LogP contribution in [-0.4, -0.2) is 22.5 Å². The van der Waals surface area contributed by atoms with Crippen molar-refractivity contribution in [3.8, 4) is 11.5 Å². The predicted molar refractivity (Wildman–Crippen MR) is 76.2 cm³/mol. The van der Waals surface area contributed by atoms with Crippen molar-refractivity contribution in [2.24, 2.45) is 0 Å². The minimum atomic E-state index is 0.0594. The summed E-state index contributed by atoms with van der Waals surface area (Å²) in [5, 5.41) is 9.62. The van der Waals surface area contributed by atoms with Gasteiger partial charge in [-0.15, -0.1) is 0 Å². The summed E-state index contributed by atoms with van der Waals surface area (Å²) in [7, 11) is 0. The van der Waals surface area contributed by atoms with E-state index in [1.54, 1.807) is 42.7 Å². The Morgan fingerprint density at radius 2 is 2.20 bits per heavy atom. The Kier molecular flexibility index (Phi) is 4.71. The molecule has 0 aliphatic carbocycles. The Labute approximate surface area is 118 Å². The van der Waals surface area contributed by atoms with Crippen LogP contribution in [0, 0.1) is 0 Å². The summed E-state index contributed by atoms with van der Waals surface area (Å²) in [5.74, 6) is 0.636. The summed E-state index contributed by atoms with van der Waals surface area (Å²) in [6.07, 6.45) is 4.23. The Bertz CT molecular complexity index is 582. The number of pyridine rings is 1. The van der Waals surface area contributed by atoms with Gasteiger partial charge in [0.2, 0.25) is 0 Å². The molecular formula is C16H17NO3. The lowest BCUT2D eigenvalue weighted by Crippen LogP contribution is -2.02. The van der Waals surface area contributed by atoms with Crippen molar-refractivity contribution in [3.05, 3.63) is 53.9 Å². The highest BCUT2D eigenvalue weighted by atomic mass is 16.5. The van der Waals surface area contributed by atoms with Crippen LogP contribution in [0.4, 0.5) is 0 Å². The first-order valence-corrected chi connectivity index (χ1v) is 6.58. The van der Waals surface area contributed by atoms with Gasteiger partial charge in [-0.25, -0.2) is 0 Å². The lowest BCUT2D eigenvalue weighted by atomic mass is 10.0. The van der Waals surface area contributed by atoms with Gasteiger partial charge in [0.25, 0.3) is 0 Å². The molecule has 4 nitrogen and oxygen atoms in total. The van der Waals surface area contributed by atoms with Crippen LogP contribution in [0.2, 0.25) is 0 Å². The third-order valence-corrected chi connectivity index (χ3v) is 2.95. The van der Waals surface area contributed by atoms with E-state index in [0.717, 1.165) is 5.56 Å². The number of carbonyl (C=O) groups excluding carboxylic acids is 1. The Morgan fingerprint density at radius 3 is 2.90 bits per heavy atom. The van der Waals surface area contributed by atoms with Crippen molar-refractivity contribution in [2.45, 2.75) is 19.8 Å². The molecule has 4 heteroatoms. The van der Waals surface area contributed by atoms with Crippen molar-refractivity contribution in [1.82, 2.24) is 4.98 Å². The molecule has 0 fully saturated rings. The molecule has 0 spiro atoms. The van der Waals surface area contributed by atoms with Crippen LogP contribution >= 0.6 is 0 Å². The van der Waals surface area contributed by atoms with E-state index in [4.69, 9.17) is 4.74 Å². The summed E-state index contributed by atoms with van der Waals surface area (Å²) >= 11 is 0. The Hall–Kier alpha value is -2.36. The lowest BCUT2D eigenvalue weighted by molar-refractivity contribution is 0.0982. The normalized spacial score (nSPS) is 10.2. The number of nitrogens with zero attached hydrogens (tertiary/aromatic N) is 1. The van der Waals surface area contributed by atoms with Crippen LogP contribution in [0.5, 0.6) is 11.5 Å². The first-order chi connectivity index (χ1) is 9.70. The second-order valence-corrected chi connectivity index (χ2v) is 4.40. The number of ether oxygens (including phenoxy) is 1. The van der Waals surface area contributed by atoms with Gasteiger partial charge < -0.3 is 9.84 Å². The van der Waals surface area contributed by atoms with Gasteiger partial charge in [0.15, 0.2) is 17.3 Å². The fraction of sp³-hybridized carbons (Fsp3) is 0.250. The van der Waals surface area contributed by atoms with E-state index in [9.17, 15) is 9.90 Å². The summed E-state index contributed by atoms with van der Waals surface area (Å²) < 4.78 is 5.32. The quantitative estimate of drug-likeness (QED) is 0.820. The highest BCUT2D eigenvalue weighted by molar-refractivity contribution is 5.95. The number of aromatic hydroxyl groups is 1. The monoisotopic (exact) mass is 271 g/mol. The van der Waals surface area contributed by atoms with Crippen molar-refractivity contribution >= 4 is 5.78 Å². The molecule has 2 aromatic rings. The number of aryl methyl sites for hydroxylation is 1. The number of rotatable bonds is 6. The van der Waals surface area contributed by atoms with Crippen LogP contribution in [-0.2, 0) is 6.42 Å². The van der Waals surface area contributed by atoms with E-state index in [-0.39, 0.29) is 11.5 Å². The third kappa shape index (κ3) is 3.57. The maximum absolute atomic E-state index is 12.0. The minimum Gasteiger partial charge on any atom is -0.504 e. The van der Waals surface area contributed by atoms with Crippen LogP contribution in [0.3, 0.4) is 0 Å². The highest BCUT2D eigenvalue weighted by Gasteiger charge is 2.08. The molecule has 0 amide bonds. The van der Waals surface area contributed by atoms with E-state index in [2.05, 4.69) is 4.98 Å². The number of Topliss-reactive ketones (excluding diaryl/α,β-unsaturated/α-hetero) is 1. The molecule has 0 saturated carbocycles. The second kappa shape index (κ2) is 6.70. The van der Waals surface area contributed by atoms with Gasteiger partial charge in [0.05, 0.1) is 6.61 Å². The van der Waals surface area contributed by atoms with Crippen LogP contribution < -0.4 is 4.74 Å². The minimum absolute atomic E-state index is 0.0594. The van der Waals surface area contributed by atoms with Crippen molar-refractivity contribution in [1.29, 1.82) is 0 Å². The smallest absolute Gasteiger partial charge is 0.164 e. The SMILES string of the molecule is CCOc1cc(CCC(=O)c2cccnc2)ccc1O. The number of hydrogen-bond acceptors (Lipinski definition) is 4. The average molecular weight is 271 g/mol. The standard InChI is InChI=1S/C16H17NO3/c1-2-20-16-10-12(6-8-15(16)19)5-7-14(18)13-4-3-9-17-11-13/h3-4,6,8-11,19H,2,5,7H2,1H3. The molecule has 0 aliphatic rings. The van der Waals surface area contributed by atoms with Gasteiger partial charge in [-0.2, -0.15) is 0 Å². The van der Waals surface area contributed by atoms with Gasteiger partial charge in [0.1, 0.15) is 0 Å². The summed E-state index contributed by atoms with van der Waals surface area (Å²) in [5.41, 5.74) is 1.58. The molecule has 2 rings (SSSR count).